The molecule has 1 heterocycles. The predicted molar refractivity (Wildman–Crippen MR) is 114 cm³/mol. The molecule has 8 nitrogen and oxygen atoms in total. The molecule has 0 radical (unpaired) electrons. The van der Waals surface area contributed by atoms with Crippen molar-refractivity contribution in [2.45, 2.75) is 11.7 Å². The van der Waals surface area contributed by atoms with Crippen LogP contribution in [0.15, 0.2) is 58.7 Å². The average molecular weight is 412 g/mol. The van der Waals surface area contributed by atoms with E-state index in [9.17, 15) is 9.59 Å². The van der Waals surface area contributed by atoms with Gasteiger partial charge in [-0.3, -0.25) is 9.59 Å². The lowest BCUT2D eigenvalue weighted by atomic mass is 10.2. The van der Waals surface area contributed by atoms with E-state index in [1.54, 1.807) is 44.7 Å². The van der Waals surface area contributed by atoms with E-state index in [1.165, 1.54) is 0 Å². The van der Waals surface area contributed by atoms with Crippen LogP contribution in [-0.4, -0.2) is 42.7 Å². The molecule has 2 aromatic rings. The first-order valence-corrected chi connectivity index (χ1v) is 9.62. The SMILES string of the molecule is COc1ccc(C=NN=C2NC(=O)C[C@H](C(=O)Nc3ccc(OC)cc3)S2)cc1. The van der Waals surface area contributed by atoms with Crippen LogP contribution in [-0.2, 0) is 9.59 Å². The van der Waals surface area contributed by atoms with Gasteiger partial charge >= 0.3 is 0 Å². The Labute approximate surface area is 172 Å². The standard InChI is InChI=1S/C20H20N4O4S/c1-27-15-7-3-13(4-8-15)12-21-24-20-23-18(25)11-17(29-20)19(26)22-14-5-9-16(28-2)10-6-14/h3-10,12,17H,11H2,1-2H3,(H,22,26)(H,23,24,25)/t17-/m1/s1. The van der Waals surface area contributed by atoms with Crippen LogP contribution >= 0.6 is 11.8 Å². The number of hydrogen-bond donors (Lipinski definition) is 2. The summed E-state index contributed by atoms with van der Waals surface area (Å²) in [6, 6.07) is 14.3. The van der Waals surface area contributed by atoms with E-state index in [2.05, 4.69) is 20.8 Å². The summed E-state index contributed by atoms with van der Waals surface area (Å²) in [6.07, 6.45) is 1.62. The highest BCUT2D eigenvalue weighted by atomic mass is 32.2. The third-order valence-electron chi connectivity index (χ3n) is 3.99. The fourth-order valence-electron chi connectivity index (χ4n) is 2.47. The Kier molecular flexibility index (Phi) is 6.85. The first-order valence-electron chi connectivity index (χ1n) is 8.74. The number of anilines is 1. The number of rotatable bonds is 6. The zero-order valence-electron chi connectivity index (χ0n) is 15.9. The molecule has 9 heteroatoms. The molecule has 0 spiro atoms. The monoisotopic (exact) mass is 412 g/mol. The molecule has 3 rings (SSSR count). The Morgan fingerprint density at radius 1 is 1.10 bits per heavy atom. The molecule has 0 unspecified atom stereocenters. The summed E-state index contributed by atoms with van der Waals surface area (Å²) in [6.45, 7) is 0. The van der Waals surface area contributed by atoms with Crippen molar-refractivity contribution in [2.24, 2.45) is 10.2 Å². The maximum Gasteiger partial charge on any atom is 0.238 e. The van der Waals surface area contributed by atoms with Gasteiger partial charge in [-0.1, -0.05) is 11.8 Å². The molecule has 1 aliphatic heterocycles. The third-order valence-corrected chi connectivity index (χ3v) is 5.06. The summed E-state index contributed by atoms with van der Waals surface area (Å²) in [4.78, 5) is 24.5. The van der Waals surface area contributed by atoms with Crippen molar-refractivity contribution in [1.29, 1.82) is 0 Å². The van der Waals surface area contributed by atoms with Gasteiger partial charge in [-0.15, -0.1) is 5.10 Å². The smallest absolute Gasteiger partial charge is 0.238 e. The van der Waals surface area contributed by atoms with Crippen molar-refractivity contribution in [1.82, 2.24) is 5.32 Å². The van der Waals surface area contributed by atoms with Gasteiger partial charge in [0.1, 0.15) is 16.7 Å². The Bertz CT molecular complexity index is 927. The molecule has 29 heavy (non-hydrogen) atoms. The number of amidine groups is 1. The van der Waals surface area contributed by atoms with Gasteiger partial charge in [0, 0.05) is 12.1 Å². The van der Waals surface area contributed by atoms with Gasteiger partial charge in [-0.25, -0.2) is 0 Å². The number of nitrogens with zero attached hydrogens (tertiary/aromatic N) is 2. The second-order valence-corrected chi connectivity index (χ2v) is 7.19. The fraction of sp³-hybridized carbons (Fsp3) is 0.200. The topological polar surface area (TPSA) is 101 Å². The van der Waals surface area contributed by atoms with Gasteiger partial charge in [0.25, 0.3) is 0 Å². The number of amides is 2. The molecule has 150 valence electrons. The van der Waals surface area contributed by atoms with Gasteiger partial charge in [0.05, 0.1) is 20.4 Å². The van der Waals surface area contributed by atoms with Crippen molar-refractivity contribution in [2.75, 3.05) is 19.5 Å². The molecule has 1 saturated heterocycles. The third kappa shape index (κ3) is 5.82. The first kappa shape index (κ1) is 20.4. The Morgan fingerprint density at radius 2 is 1.72 bits per heavy atom. The molecule has 1 fully saturated rings. The molecule has 1 aliphatic rings. The van der Waals surface area contributed by atoms with Crippen LogP contribution in [0.3, 0.4) is 0 Å². The number of nitrogens with one attached hydrogen (secondary N) is 2. The van der Waals surface area contributed by atoms with Crippen molar-refractivity contribution < 1.29 is 19.1 Å². The van der Waals surface area contributed by atoms with Crippen molar-refractivity contribution in [3.8, 4) is 11.5 Å². The van der Waals surface area contributed by atoms with E-state index in [0.717, 1.165) is 23.1 Å². The van der Waals surface area contributed by atoms with Crippen molar-refractivity contribution in [3.05, 3.63) is 54.1 Å². The van der Waals surface area contributed by atoms with Crippen LogP contribution in [0.5, 0.6) is 11.5 Å². The van der Waals surface area contributed by atoms with Crippen LogP contribution < -0.4 is 20.1 Å². The Morgan fingerprint density at radius 3 is 2.34 bits per heavy atom. The number of carbonyl (C=O) groups is 2. The molecule has 0 saturated carbocycles. The Hall–Kier alpha value is -3.33. The van der Waals surface area contributed by atoms with E-state index in [4.69, 9.17) is 9.47 Å². The summed E-state index contributed by atoms with van der Waals surface area (Å²) < 4.78 is 10.2. The minimum Gasteiger partial charge on any atom is -0.497 e. The van der Waals surface area contributed by atoms with Gasteiger partial charge in [0.15, 0.2) is 5.17 Å². The summed E-state index contributed by atoms with van der Waals surface area (Å²) >= 11 is 1.16. The number of benzene rings is 2. The molecule has 2 amide bonds. The summed E-state index contributed by atoms with van der Waals surface area (Å²) in [5.41, 5.74) is 1.45. The quantitative estimate of drug-likeness (QED) is 0.561. The fourth-order valence-corrected chi connectivity index (χ4v) is 3.41. The molecule has 2 N–H and O–H groups in total. The van der Waals surface area contributed by atoms with Crippen LogP contribution in [0, 0.1) is 0 Å². The highest BCUT2D eigenvalue weighted by Crippen LogP contribution is 2.23. The van der Waals surface area contributed by atoms with Gasteiger partial charge in [-0.05, 0) is 54.1 Å². The van der Waals surface area contributed by atoms with Crippen LogP contribution in [0.1, 0.15) is 12.0 Å². The summed E-state index contributed by atoms with van der Waals surface area (Å²) in [7, 11) is 3.17. The van der Waals surface area contributed by atoms with E-state index >= 15 is 0 Å². The van der Waals surface area contributed by atoms with Crippen LogP contribution in [0.2, 0.25) is 0 Å². The first-order chi connectivity index (χ1) is 14.1. The predicted octanol–water partition coefficient (Wildman–Crippen LogP) is 2.65. The maximum atomic E-state index is 12.5. The largest absolute Gasteiger partial charge is 0.497 e. The zero-order chi connectivity index (χ0) is 20.6. The average Bonchev–Trinajstić information content (AvgIpc) is 2.74. The van der Waals surface area contributed by atoms with Gasteiger partial charge < -0.3 is 20.1 Å². The van der Waals surface area contributed by atoms with Crippen molar-refractivity contribution in [3.63, 3.8) is 0 Å². The number of thioether (sulfide) groups is 1. The molecular formula is C20H20N4O4S. The highest BCUT2D eigenvalue weighted by molar-refractivity contribution is 8.15. The van der Waals surface area contributed by atoms with Gasteiger partial charge in [-0.2, -0.15) is 5.10 Å². The molecule has 0 bridgehead atoms. The van der Waals surface area contributed by atoms with E-state index in [0.29, 0.717) is 11.4 Å². The molecule has 2 aromatic carbocycles. The summed E-state index contributed by atoms with van der Waals surface area (Å²) in [5, 5.41) is 13.1. The Balaban J connectivity index is 1.62. The van der Waals surface area contributed by atoms with Crippen LogP contribution in [0.4, 0.5) is 5.69 Å². The van der Waals surface area contributed by atoms with E-state index in [-0.39, 0.29) is 23.4 Å². The molecule has 0 aliphatic carbocycles. The molecular weight excluding hydrogens is 392 g/mol. The van der Waals surface area contributed by atoms with Crippen molar-refractivity contribution >= 4 is 40.6 Å². The lowest BCUT2D eigenvalue weighted by Gasteiger charge is -2.21. The summed E-state index contributed by atoms with van der Waals surface area (Å²) in [5.74, 6) is 0.881. The zero-order valence-corrected chi connectivity index (χ0v) is 16.7. The normalized spacial score (nSPS) is 17.8. The molecule has 0 aromatic heterocycles. The maximum absolute atomic E-state index is 12.5. The lowest BCUT2D eigenvalue weighted by Crippen LogP contribution is -2.41. The second-order valence-electron chi connectivity index (χ2n) is 6.00. The lowest BCUT2D eigenvalue weighted by molar-refractivity contribution is -0.123. The number of methoxy groups -OCH3 is 2. The van der Waals surface area contributed by atoms with E-state index < -0.39 is 5.25 Å². The van der Waals surface area contributed by atoms with Gasteiger partial charge in [0.2, 0.25) is 11.8 Å². The number of hydrogen-bond acceptors (Lipinski definition) is 7. The minimum absolute atomic E-state index is 0.0634. The molecule has 1 atom stereocenters. The minimum atomic E-state index is -0.596. The number of carbonyl (C=O) groups excluding carboxylic acids is 2. The highest BCUT2D eigenvalue weighted by Gasteiger charge is 2.30. The second kappa shape index (κ2) is 9.74. The van der Waals surface area contributed by atoms with Crippen LogP contribution in [0.25, 0.3) is 0 Å². The van der Waals surface area contributed by atoms with E-state index in [1.807, 2.05) is 24.3 Å². The number of ether oxygens (including phenoxy) is 2.